The van der Waals surface area contributed by atoms with E-state index in [0.717, 1.165) is 17.7 Å². The lowest BCUT2D eigenvalue weighted by molar-refractivity contribution is 0.0221. The number of halogens is 2. The predicted octanol–water partition coefficient (Wildman–Crippen LogP) is 6.06. The fourth-order valence-corrected chi connectivity index (χ4v) is 4.61. The van der Waals surface area contributed by atoms with Crippen molar-refractivity contribution in [1.29, 1.82) is 0 Å². The molecule has 1 aliphatic rings. The van der Waals surface area contributed by atoms with Gasteiger partial charge in [0.05, 0.1) is 23.0 Å². The number of benzene rings is 3. The third kappa shape index (κ3) is 8.06. The molecule has 4 rings (SSSR count). The van der Waals surface area contributed by atoms with Gasteiger partial charge in [0.1, 0.15) is 12.7 Å². The molecule has 0 amide bonds. The molecule has 8 heteroatoms. The number of carbonyl (C=O) groups excluding carboxylic acids is 2. The van der Waals surface area contributed by atoms with E-state index in [0.29, 0.717) is 21.2 Å². The summed E-state index contributed by atoms with van der Waals surface area (Å²) in [6.07, 6.45) is 0.439. The molecule has 0 unspecified atom stereocenters. The van der Waals surface area contributed by atoms with Crippen molar-refractivity contribution in [2.24, 2.45) is 0 Å². The minimum atomic E-state index is -0.419. The largest absolute Gasteiger partial charge is 0.461 e. The first-order valence-electron chi connectivity index (χ1n) is 10.6. The Balaban J connectivity index is 0.000000343. The second kappa shape index (κ2) is 13.4. The summed E-state index contributed by atoms with van der Waals surface area (Å²) in [4.78, 5) is 24.4. The van der Waals surface area contributed by atoms with Gasteiger partial charge in [0.2, 0.25) is 0 Å². The quantitative estimate of drug-likeness (QED) is 0.399. The van der Waals surface area contributed by atoms with E-state index in [1.807, 2.05) is 30.3 Å². The Hall–Kier alpha value is -2.51. The van der Waals surface area contributed by atoms with Gasteiger partial charge in [0.25, 0.3) is 0 Å². The van der Waals surface area contributed by atoms with Gasteiger partial charge in [-0.15, -0.1) is 0 Å². The normalized spacial score (nSPS) is 16.8. The molecule has 178 valence electrons. The molecule has 34 heavy (non-hydrogen) atoms. The lowest BCUT2D eigenvalue weighted by atomic mass is 10.2. The minimum absolute atomic E-state index is 0.0810. The summed E-state index contributed by atoms with van der Waals surface area (Å²) in [6.45, 7) is 0.325. The van der Waals surface area contributed by atoms with Crippen LogP contribution in [0.25, 0.3) is 0 Å². The highest BCUT2D eigenvalue weighted by atomic mass is 35.5. The standard InChI is InChI=1S/C19H16Cl2O4S.C7H8O/c20-14-5-1-12(2-6-14)18(22)24-11-17-16(9-10-26-17)25-19(23)13-3-7-15(21)8-4-13;8-6-7-4-2-1-3-5-7/h1-8,16-17H,9-11H2;1-5,8H,6H2/t16-,17-;/m1./s1. The second-order valence-electron chi connectivity index (χ2n) is 7.40. The van der Waals surface area contributed by atoms with Gasteiger partial charge in [-0.25, -0.2) is 9.59 Å². The molecule has 1 aliphatic heterocycles. The Bertz CT molecular complexity index is 1060. The van der Waals surface area contributed by atoms with Crippen molar-refractivity contribution >= 4 is 46.9 Å². The predicted molar refractivity (Wildman–Crippen MR) is 136 cm³/mol. The molecule has 1 N–H and O–H groups in total. The smallest absolute Gasteiger partial charge is 0.338 e. The highest BCUT2D eigenvalue weighted by Crippen LogP contribution is 2.30. The van der Waals surface area contributed by atoms with Crippen molar-refractivity contribution in [3.05, 3.63) is 106 Å². The van der Waals surface area contributed by atoms with Crippen LogP contribution < -0.4 is 0 Å². The Kier molecular flexibility index (Phi) is 10.3. The number of carbonyl (C=O) groups is 2. The van der Waals surface area contributed by atoms with Gasteiger partial charge in [-0.3, -0.25) is 0 Å². The Morgan fingerprint density at radius 3 is 1.94 bits per heavy atom. The van der Waals surface area contributed by atoms with Gasteiger partial charge in [-0.2, -0.15) is 11.8 Å². The third-order valence-corrected chi connectivity index (χ3v) is 6.81. The van der Waals surface area contributed by atoms with Gasteiger partial charge in [-0.05, 0) is 66.3 Å². The molecule has 0 saturated carbocycles. The van der Waals surface area contributed by atoms with Crippen molar-refractivity contribution in [2.75, 3.05) is 12.4 Å². The molecule has 3 aromatic carbocycles. The number of aliphatic hydroxyl groups excluding tert-OH is 1. The first-order chi connectivity index (χ1) is 16.5. The lowest BCUT2D eigenvalue weighted by Crippen LogP contribution is -2.29. The average Bonchev–Trinajstić information content (AvgIpc) is 3.31. The van der Waals surface area contributed by atoms with Crippen molar-refractivity contribution in [2.45, 2.75) is 24.4 Å². The molecule has 0 radical (unpaired) electrons. The zero-order valence-corrected chi connectivity index (χ0v) is 20.6. The van der Waals surface area contributed by atoms with E-state index in [1.165, 1.54) is 0 Å². The van der Waals surface area contributed by atoms with E-state index in [4.69, 9.17) is 37.8 Å². The molecule has 1 saturated heterocycles. The van der Waals surface area contributed by atoms with Gasteiger partial charge >= 0.3 is 11.9 Å². The molecule has 1 fully saturated rings. The van der Waals surface area contributed by atoms with Crippen molar-refractivity contribution in [3.8, 4) is 0 Å². The van der Waals surface area contributed by atoms with E-state index in [9.17, 15) is 9.59 Å². The van der Waals surface area contributed by atoms with Crippen LogP contribution in [0.4, 0.5) is 0 Å². The maximum absolute atomic E-state index is 12.3. The van der Waals surface area contributed by atoms with Crippen molar-refractivity contribution in [3.63, 3.8) is 0 Å². The molecule has 2 atom stereocenters. The van der Waals surface area contributed by atoms with Crippen LogP contribution in [0.2, 0.25) is 10.0 Å². The number of aliphatic hydroxyl groups is 1. The number of hydrogen-bond acceptors (Lipinski definition) is 6. The lowest BCUT2D eigenvalue weighted by Gasteiger charge is -2.19. The van der Waals surface area contributed by atoms with Gasteiger partial charge in [0, 0.05) is 10.0 Å². The van der Waals surface area contributed by atoms with Crippen molar-refractivity contribution in [1.82, 2.24) is 0 Å². The van der Waals surface area contributed by atoms with Crippen LogP contribution >= 0.6 is 35.0 Å². The average molecular weight is 519 g/mol. The van der Waals surface area contributed by atoms with Crippen LogP contribution in [0.3, 0.4) is 0 Å². The third-order valence-electron chi connectivity index (χ3n) is 4.97. The number of rotatable bonds is 6. The molecule has 0 aromatic heterocycles. The highest BCUT2D eigenvalue weighted by molar-refractivity contribution is 8.00. The van der Waals surface area contributed by atoms with Crippen LogP contribution in [0, 0.1) is 0 Å². The van der Waals surface area contributed by atoms with E-state index >= 15 is 0 Å². The molecule has 3 aromatic rings. The van der Waals surface area contributed by atoms with Gasteiger partial charge < -0.3 is 14.6 Å². The molecule has 0 aliphatic carbocycles. The molecule has 0 spiro atoms. The van der Waals surface area contributed by atoms with Crippen LogP contribution in [0.15, 0.2) is 78.9 Å². The number of ether oxygens (including phenoxy) is 2. The Morgan fingerprint density at radius 2 is 1.41 bits per heavy atom. The summed E-state index contributed by atoms with van der Waals surface area (Å²) in [5.74, 6) is 0.0296. The summed E-state index contributed by atoms with van der Waals surface area (Å²) < 4.78 is 11.0. The fourth-order valence-electron chi connectivity index (χ4n) is 3.12. The number of esters is 2. The summed E-state index contributed by atoms with van der Waals surface area (Å²) in [6, 6.07) is 22.6. The van der Waals surface area contributed by atoms with Gasteiger partial charge in [-0.1, -0.05) is 53.5 Å². The second-order valence-corrected chi connectivity index (χ2v) is 9.62. The summed E-state index contributed by atoms with van der Waals surface area (Å²) >= 11 is 13.3. The fraction of sp³-hybridized carbons (Fsp3) is 0.231. The monoisotopic (exact) mass is 518 g/mol. The minimum Gasteiger partial charge on any atom is -0.461 e. The van der Waals surface area contributed by atoms with Crippen molar-refractivity contribution < 1.29 is 24.2 Å². The van der Waals surface area contributed by atoms with E-state index in [2.05, 4.69) is 0 Å². The molecular formula is C26H24Cl2O5S. The van der Waals surface area contributed by atoms with Crippen LogP contribution in [-0.4, -0.2) is 40.8 Å². The SMILES string of the molecule is O=C(OC[C@H]1SCC[C@H]1OC(=O)c1ccc(Cl)cc1)c1ccc(Cl)cc1.OCc1ccccc1. The number of hydrogen-bond donors (Lipinski definition) is 1. The highest BCUT2D eigenvalue weighted by Gasteiger charge is 2.32. The van der Waals surface area contributed by atoms with E-state index in [1.54, 1.807) is 60.3 Å². The zero-order valence-electron chi connectivity index (χ0n) is 18.2. The molecule has 0 bridgehead atoms. The maximum Gasteiger partial charge on any atom is 0.338 e. The summed E-state index contributed by atoms with van der Waals surface area (Å²) in [7, 11) is 0. The first-order valence-corrected chi connectivity index (χ1v) is 12.4. The Morgan fingerprint density at radius 1 is 0.853 bits per heavy atom. The molecule has 5 nitrogen and oxygen atoms in total. The Labute approximate surface area is 213 Å². The molecule has 1 heterocycles. The summed E-state index contributed by atoms with van der Waals surface area (Å²) in [5.41, 5.74) is 1.85. The maximum atomic E-state index is 12.3. The topological polar surface area (TPSA) is 72.8 Å². The van der Waals surface area contributed by atoms with Crippen LogP contribution in [0.5, 0.6) is 0 Å². The van der Waals surface area contributed by atoms with Gasteiger partial charge in [0.15, 0.2) is 0 Å². The molecular weight excluding hydrogens is 495 g/mol. The van der Waals surface area contributed by atoms with Crippen LogP contribution in [-0.2, 0) is 16.1 Å². The summed E-state index contributed by atoms with van der Waals surface area (Å²) in [5, 5.41) is 9.57. The van der Waals surface area contributed by atoms with E-state index < -0.39 is 11.9 Å². The first kappa shape index (κ1) is 26.1. The van der Waals surface area contributed by atoms with E-state index in [-0.39, 0.29) is 24.6 Å². The number of thioether (sulfide) groups is 1. The van der Waals surface area contributed by atoms with Crippen LogP contribution in [0.1, 0.15) is 32.7 Å². The zero-order chi connectivity index (χ0) is 24.3.